The van der Waals surface area contributed by atoms with E-state index in [-0.39, 0.29) is 5.92 Å². The van der Waals surface area contributed by atoms with Gasteiger partial charge in [-0.15, -0.1) is 13.2 Å². The number of hydrogen-bond acceptors (Lipinski definition) is 1. The monoisotopic (exact) mass is 468 g/mol. The molecular weight excluding hydrogens is 428 g/mol. The molecule has 0 aliphatic heterocycles. The summed E-state index contributed by atoms with van der Waals surface area (Å²) in [4.78, 5) is 0. The molecule has 0 heterocycles. The quantitative estimate of drug-likeness (QED) is 0.362. The van der Waals surface area contributed by atoms with Crippen molar-refractivity contribution in [2.24, 2.45) is 29.6 Å². The molecule has 1 aromatic rings. The Morgan fingerprint density at radius 2 is 1.48 bits per heavy atom. The van der Waals surface area contributed by atoms with Crippen LogP contribution in [0.3, 0.4) is 0 Å². The van der Waals surface area contributed by atoms with Crippen molar-refractivity contribution < 1.29 is 22.3 Å². The van der Waals surface area contributed by atoms with Crippen LogP contribution >= 0.6 is 0 Å². The lowest BCUT2D eigenvalue weighted by Gasteiger charge is -2.39. The van der Waals surface area contributed by atoms with Gasteiger partial charge in [0.25, 0.3) is 0 Å². The van der Waals surface area contributed by atoms with E-state index in [4.69, 9.17) is 0 Å². The Morgan fingerprint density at radius 3 is 2.03 bits per heavy atom. The van der Waals surface area contributed by atoms with Crippen LogP contribution < -0.4 is 4.74 Å². The minimum absolute atomic E-state index is 0.240. The molecule has 1 nitrogen and oxygen atoms in total. The van der Waals surface area contributed by atoms with Crippen molar-refractivity contribution in [2.45, 2.75) is 109 Å². The van der Waals surface area contributed by atoms with Crippen LogP contribution in [0.25, 0.3) is 0 Å². The summed E-state index contributed by atoms with van der Waals surface area (Å²) in [5, 5.41) is 0. The summed E-state index contributed by atoms with van der Waals surface area (Å²) < 4.78 is 55.0. The van der Waals surface area contributed by atoms with Crippen LogP contribution in [0.5, 0.6) is 5.75 Å². The van der Waals surface area contributed by atoms with Crippen LogP contribution in [0, 0.1) is 35.4 Å². The Kier molecular flexibility index (Phi) is 8.28. The van der Waals surface area contributed by atoms with Gasteiger partial charge in [-0.1, -0.05) is 57.9 Å². The topological polar surface area (TPSA) is 9.23 Å². The summed E-state index contributed by atoms with van der Waals surface area (Å²) in [5.41, 5.74) is 0.807. The average Bonchev–Trinajstić information content (AvgIpc) is 3.33. The fourth-order valence-electron chi connectivity index (χ4n) is 7.35. The third-order valence-corrected chi connectivity index (χ3v) is 9.21. The van der Waals surface area contributed by atoms with Gasteiger partial charge in [0.05, 0.1) is 0 Å². The Labute approximate surface area is 196 Å². The van der Waals surface area contributed by atoms with Crippen molar-refractivity contribution in [1.29, 1.82) is 0 Å². The Morgan fingerprint density at radius 1 is 0.879 bits per heavy atom. The second kappa shape index (κ2) is 11.0. The lowest BCUT2D eigenvalue weighted by molar-refractivity contribution is -0.275. The number of ether oxygens (including phenoxy) is 1. The van der Waals surface area contributed by atoms with E-state index in [1.807, 2.05) is 0 Å². The summed E-state index contributed by atoms with van der Waals surface area (Å²) in [6.07, 6.45) is 13.5. The number of alkyl halides is 3. The van der Waals surface area contributed by atoms with E-state index in [0.29, 0.717) is 0 Å². The summed E-state index contributed by atoms with van der Waals surface area (Å²) in [7, 11) is 0. The lowest BCUT2D eigenvalue weighted by Crippen LogP contribution is -2.27. The Hall–Kier alpha value is -1.26. The predicted molar refractivity (Wildman–Crippen MR) is 124 cm³/mol. The lowest BCUT2D eigenvalue weighted by atomic mass is 9.67. The number of hydrogen-bond donors (Lipinski definition) is 0. The molecular formula is C28H40F4O. The summed E-state index contributed by atoms with van der Waals surface area (Å²) >= 11 is 0. The molecule has 0 bridgehead atoms. The van der Waals surface area contributed by atoms with Gasteiger partial charge in [-0.05, 0) is 98.1 Å². The van der Waals surface area contributed by atoms with Gasteiger partial charge in [-0.2, -0.15) is 0 Å². The van der Waals surface area contributed by atoms with Crippen molar-refractivity contribution in [3.63, 3.8) is 0 Å². The maximum absolute atomic E-state index is 14.1. The molecule has 3 aliphatic carbocycles. The minimum atomic E-state index is -4.87. The minimum Gasteiger partial charge on any atom is -0.403 e. The van der Waals surface area contributed by atoms with Gasteiger partial charge in [0.15, 0.2) is 11.6 Å². The first-order valence-electron chi connectivity index (χ1n) is 13.4. The second-order valence-corrected chi connectivity index (χ2v) is 11.1. The first-order valence-corrected chi connectivity index (χ1v) is 13.4. The predicted octanol–water partition coefficient (Wildman–Crippen LogP) is 9.41. The molecule has 1 unspecified atom stereocenters. The molecule has 0 amide bonds. The molecule has 0 N–H and O–H groups in total. The van der Waals surface area contributed by atoms with Gasteiger partial charge >= 0.3 is 6.36 Å². The van der Waals surface area contributed by atoms with Crippen LogP contribution in [-0.4, -0.2) is 6.36 Å². The summed E-state index contributed by atoms with van der Waals surface area (Å²) in [6, 6.07) is 3.97. The largest absolute Gasteiger partial charge is 0.573 e. The van der Waals surface area contributed by atoms with E-state index in [1.54, 1.807) is 6.07 Å². The molecule has 1 atom stereocenters. The van der Waals surface area contributed by atoms with Crippen molar-refractivity contribution >= 4 is 0 Å². The molecule has 4 rings (SSSR count). The molecule has 3 fully saturated rings. The van der Waals surface area contributed by atoms with E-state index in [9.17, 15) is 17.6 Å². The van der Waals surface area contributed by atoms with E-state index in [0.717, 1.165) is 66.9 Å². The Bertz CT molecular complexity index is 739. The van der Waals surface area contributed by atoms with Gasteiger partial charge in [-0.25, -0.2) is 4.39 Å². The van der Waals surface area contributed by atoms with Gasteiger partial charge in [-0.3, -0.25) is 0 Å². The smallest absolute Gasteiger partial charge is 0.403 e. The molecule has 0 spiro atoms. The number of rotatable bonds is 7. The molecule has 0 saturated heterocycles. The highest BCUT2D eigenvalue weighted by molar-refractivity contribution is 5.31. The maximum Gasteiger partial charge on any atom is 0.573 e. The zero-order chi connectivity index (χ0) is 23.4. The first kappa shape index (κ1) is 24.9. The zero-order valence-corrected chi connectivity index (χ0v) is 20.0. The zero-order valence-electron chi connectivity index (χ0n) is 20.0. The van der Waals surface area contributed by atoms with Crippen LogP contribution in [0.4, 0.5) is 17.6 Å². The molecule has 0 aromatic heterocycles. The third-order valence-electron chi connectivity index (χ3n) is 9.21. The normalized spacial score (nSPS) is 30.3. The third kappa shape index (κ3) is 6.66. The van der Waals surface area contributed by atoms with E-state index < -0.39 is 17.9 Å². The standard InChI is InChI=1S/C28H40F4O/c1-2-20(21-5-3-4-6-21)17-19-7-9-22(10-8-19)23-11-13-24(14-12-23)25-15-16-27(26(29)18-25)33-28(30,31)32/h15-16,18-24H,2-14,17H2,1H3/t19-,20?,22-,23-,24-. The maximum atomic E-state index is 14.1. The molecule has 186 valence electrons. The molecule has 1 aromatic carbocycles. The highest BCUT2D eigenvalue weighted by Crippen LogP contribution is 2.46. The SMILES string of the molecule is CCC(C[C@H]1CC[C@H]([C@H]2CC[C@H](c3ccc(OC(F)(F)F)c(F)c3)CC2)CC1)C1CCCC1. The molecule has 0 radical (unpaired) electrons. The van der Waals surface area contributed by atoms with Crippen molar-refractivity contribution in [3.8, 4) is 5.75 Å². The highest BCUT2D eigenvalue weighted by atomic mass is 19.4. The van der Waals surface area contributed by atoms with Crippen LogP contribution in [0.2, 0.25) is 0 Å². The number of halogens is 4. The molecule has 5 heteroatoms. The fraction of sp³-hybridized carbons (Fsp3) is 0.786. The Balaban J connectivity index is 1.22. The van der Waals surface area contributed by atoms with Crippen LogP contribution in [0.15, 0.2) is 18.2 Å². The fourth-order valence-corrected chi connectivity index (χ4v) is 7.35. The van der Waals surface area contributed by atoms with Crippen LogP contribution in [-0.2, 0) is 0 Å². The summed E-state index contributed by atoms with van der Waals surface area (Å²) in [6.45, 7) is 2.38. The van der Waals surface area contributed by atoms with Crippen LogP contribution in [0.1, 0.15) is 108 Å². The van der Waals surface area contributed by atoms with E-state index >= 15 is 0 Å². The van der Waals surface area contributed by atoms with E-state index in [1.165, 1.54) is 70.3 Å². The van der Waals surface area contributed by atoms with Gasteiger partial charge in [0.2, 0.25) is 0 Å². The van der Waals surface area contributed by atoms with Gasteiger partial charge in [0, 0.05) is 0 Å². The van der Waals surface area contributed by atoms with Crippen molar-refractivity contribution in [3.05, 3.63) is 29.6 Å². The summed E-state index contributed by atoms with van der Waals surface area (Å²) in [5.74, 6) is 3.01. The second-order valence-electron chi connectivity index (χ2n) is 11.1. The van der Waals surface area contributed by atoms with Gasteiger partial charge in [0.1, 0.15) is 0 Å². The first-order chi connectivity index (χ1) is 15.8. The van der Waals surface area contributed by atoms with Crippen molar-refractivity contribution in [2.75, 3.05) is 0 Å². The van der Waals surface area contributed by atoms with Gasteiger partial charge < -0.3 is 4.74 Å². The van der Waals surface area contributed by atoms with E-state index in [2.05, 4.69) is 11.7 Å². The van der Waals surface area contributed by atoms with Crippen molar-refractivity contribution in [1.82, 2.24) is 0 Å². The highest BCUT2D eigenvalue weighted by Gasteiger charge is 2.35. The molecule has 3 aliphatic rings. The molecule has 33 heavy (non-hydrogen) atoms. The average molecular weight is 469 g/mol. The molecule has 3 saturated carbocycles. The number of benzene rings is 1.